The summed E-state index contributed by atoms with van der Waals surface area (Å²) in [4.78, 5) is 7.21. The van der Waals surface area contributed by atoms with Crippen LogP contribution in [0.5, 0.6) is 0 Å². The van der Waals surface area contributed by atoms with Crippen LogP contribution in [0.2, 0.25) is 0 Å². The molecule has 0 unspecified atom stereocenters. The van der Waals surface area contributed by atoms with Crippen molar-refractivity contribution in [2.75, 3.05) is 11.4 Å². The molecular formula is C18H31N3. The first-order valence-corrected chi connectivity index (χ1v) is 8.51. The summed E-state index contributed by atoms with van der Waals surface area (Å²) in [5.74, 6) is 1.84. The van der Waals surface area contributed by atoms with Crippen molar-refractivity contribution in [1.82, 2.24) is 10.3 Å². The molecule has 1 N–H and O–H groups in total. The molecule has 3 nitrogen and oxygen atoms in total. The molecule has 21 heavy (non-hydrogen) atoms. The number of nitrogens with one attached hydrogen (secondary N) is 1. The van der Waals surface area contributed by atoms with Crippen LogP contribution in [0.25, 0.3) is 0 Å². The van der Waals surface area contributed by atoms with Gasteiger partial charge in [-0.2, -0.15) is 0 Å². The molecule has 0 aliphatic heterocycles. The molecule has 0 amide bonds. The second-order valence-corrected chi connectivity index (χ2v) is 7.04. The quantitative estimate of drug-likeness (QED) is 0.823. The van der Waals surface area contributed by atoms with Gasteiger partial charge < -0.3 is 10.2 Å². The number of hydrogen-bond donors (Lipinski definition) is 1. The van der Waals surface area contributed by atoms with Gasteiger partial charge in [0.25, 0.3) is 0 Å². The molecule has 0 aromatic carbocycles. The van der Waals surface area contributed by atoms with Crippen LogP contribution < -0.4 is 10.2 Å². The summed E-state index contributed by atoms with van der Waals surface area (Å²) in [7, 11) is 0. The Morgan fingerprint density at radius 2 is 1.95 bits per heavy atom. The predicted octanol–water partition coefficient (Wildman–Crippen LogP) is 3.98. The van der Waals surface area contributed by atoms with Crippen molar-refractivity contribution < 1.29 is 0 Å². The molecule has 0 saturated heterocycles. The molecule has 1 fully saturated rings. The zero-order valence-corrected chi connectivity index (χ0v) is 14.1. The number of nitrogens with zero attached hydrogens (tertiary/aromatic N) is 2. The summed E-state index contributed by atoms with van der Waals surface area (Å²) < 4.78 is 0. The minimum Gasteiger partial charge on any atom is -0.353 e. The molecule has 1 aromatic rings. The Hall–Kier alpha value is -1.09. The molecule has 1 saturated carbocycles. The van der Waals surface area contributed by atoms with Gasteiger partial charge in [-0.15, -0.1) is 0 Å². The van der Waals surface area contributed by atoms with Crippen LogP contribution in [0.3, 0.4) is 0 Å². The summed E-state index contributed by atoms with van der Waals surface area (Å²) in [5, 5.41) is 3.49. The highest BCUT2D eigenvalue weighted by atomic mass is 15.2. The summed E-state index contributed by atoms with van der Waals surface area (Å²) in [5.41, 5.74) is 1.33. The third-order valence-electron chi connectivity index (χ3n) is 4.15. The predicted molar refractivity (Wildman–Crippen MR) is 90.7 cm³/mol. The maximum Gasteiger partial charge on any atom is 0.129 e. The smallest absolute Gasteiger partial charge is 0.129 e. The molecule has 2 rings (SSSR count). The van der Waals surface area contributed by atoms with Crippen LogP contribution in [0.1, 0.15) is 58.9 Å². The van der Waals surface area contributed by atoms with E-state index in [1.165, 1.54) is 37.1 Å². The molecule has 118 valence electrons. The highest BCUT2D eigenvalue weighted by Gasteiger charge is 2.24. The third kappa shape index (κ3) is 4.99. The van der Waals surface area contributed by atoms with Crippen molar-refractivity contribution in [3.63, 3.8) is 0 Å². The number of aromatic nitrogens is 1. The van der Waals surface area contributed by atoms with Crippen LogP contribution >= 0.6 is 0 Å². The average molecular weight is 289 g/mol. The van der Waals surface area contributed by atoms with Crippen molar-refractivity contribution in [2.24, 2.45) is 5.92 Å². The fourth-order valence-corrected chi connectivity index (χ4v) is 3.09. The van der Waals surface area contributed by atoms with Gasteiger partial charge in [-0.25, -0.2) is 4.98 Å². The third-order valence-corrected chi connectivity index (χ3v) is 4.15. The molecule has 1 aliphatic rings. The minimum absolute atomic E-state index is 0.517. The van der Waals surface area contributed by atoms with Crippen LogP contribution in [0, 0.1) is 5.92 Å². The molecule has 0 radical (unpaired) electrons. The highest BCUT2D eigenvalue weighted by Crippen LogP contribution is 2.28. The zero-order valence-electron chi connectivity index (χ0n) is 14.1. The maximum atomic E-state index is 4.66. The Labute approximate surface area is 130 Å². The lowest BCUT2D eigenvalue weighted by Crippen LogP contribution is -2.37. The SMILES string of the molecule is CC(C)CN(c1cc(CNC(C)C)ccn1)C1CCCC1. The monoisotopic (exact) mass is 289 g/mol. The number of hydrogen-bond acceptors (Lipinski definition) is 3. The molecule has 3 heteroatoms. The van der Waals surface area contributed by atoms with E-state index in [-0.39, 0.29) is 0 Å². The van der Waals surface area contributed by atoms with E-state index in [0.717, 1.165) is 13.1 Å². The lowest BCUT2D eigenvalue weighted by molar-refractivity contribution is 0.530. The topological polar surface area (TPSA) is 28.2 Å². The normalized spacial score (nSPS) is 16.1. The van der Waals surface area contributed by atoms with Gasteiger partial charge in [-0.1, -0.05) is 40.5 Å². The Morgan fingerprint density at radius 3 is 2.57 bits per heavy atom. The number of pyridine rings is 1. The van der Waals surface area contributed by atoms with Crippen LogP contribution in [0.15, 0.2) is 18.3 Å². The van der Waals surface area contributed by atoms with Gasteiger partial charge >= 0.3 is 0 Å². The van der Waals surface area contributed by atoms with Crippen molar-refractivity contribution in [2.45, 2.75) is 72.0 Å². The molecule has 1 aliphatic carbocycles. The first kappa shape index (κ1) is 16.3. The summed E-state index contributed by atoms with van der Waals surface area (Å²) in [6.07, 6.45) is 7.35. The van der Waals surface area contributed by atoms with E-state index in [2.05, 4.69) is 55.0 Å². The van der Waals surface area contributed by atoms with Crippen molar-refractivity contribution in [3.8, 4) is 0 Å². The second-order valence-electron chi connectivity index (χ2n) is 7.04. The Bertz CT molecular complexity index is 422. The Morgan fingerprint density at radius 1 is 1.24 bits per heavy atom. The fraction of sp³-hybridized carbons (Fsp3) is 0.722. The largest absolute Gasteiger partial charge is 0.353 e. The molecule has 1 aromatic heterocycles. The molecule has 0 atom stereocenters. The highest BCUT2D eigenvalue weighted by molar-refractivity contribution is 5.42. The van der Waals surface area contributed by atoms with E-state index in [1.54, 1.807) is 0 Å². The average Bonchev–Trinajstić information content (AvgIpc) is 2.96. The summed E-state index contributed by atoms with van der Waals surface area (Å²) in [6.45, 7) is 11.0. The molecular weight excluding hydrogens is 258 g/mol. The second kappa shape index (κ2) is 7.79. The fourth-order valence-electron chi connectivity index (χ4n) is 3.09. The maximum absolute atomic E-state index is 4.66. The first-order chi connectivity index (χ1) is 10.1. The van der Waals surface area contributed by atoms with Crippen molar-refractivity contribution >= 4 is 5.82 Å². The Kier molecular flexibility index (Phi) is 6.04. The van der Waals surface area contributed by atoms with Gasteiger partial charge in [0.05, 0.1) is 0 Å². The number of rotatable bonds is 7. The zero-order chi connectivity index (χ0) is 15.2. The molecule has 0 bridgehead atoms. The van der Waals surface area contributed by atoms with Gasteiger partial charge in [0.15, 0.2) is 0 Å². The summed E-state index contributed by atoms with van der Waals surface area (Å²) in [6, 6.07) is 5.60. The molecule has 1 heterocycles. The van der Waals surface area contributed by atoms with E-state index in [9.17, 15) is 0 Å². The van der Waals surface area contributed by atoms with Crippen molar-refractivity contribution in [3.05, 3.63) is 23.9 Å². The van der Waals surface area contributed by atoms with Gasteiger partial charge in [0, 0.05) is 31.4 Å². The first-order valence-electron chi connectivity index (χ1n) is 8.51. The van der Waals surface area contributed by atoms with Gasteiger partial charge in [-0.05, 0) is 36.5 Å². The summed E-state index contributed by atoms with van der Waals surface area (Å²) >= 11 is 0. The molecule has 0 spiro atoms. The Balaban J connectivity index is 2.12. The van der Waals surface area contributed by atoms with E-state index < -0.39 is 0 Å². The van der Waals surface area contributed by atoms with Crippen LogP contribution in [-0.2, 0) is 6.54 Å². The van der Waals surface area contributed by atoms with Gasteiger partial charge in [-0.3, -0.25) is 0 Å². The standard InChI is InChI=1S/C18H31N3/c1-14(2)13-21(17-7-5-6-8-17)18-11-16(9-10-19-18)12-20-15(3)4/h9-11,14-15,17,20H,5-8,12-13H2,1-4H3. The van der Waals surface area contributed by atoms with Gasteiger partial charge in [0.2, 0.25) is 0 Å². The lowest BCUT2D eigenvalue weighted by Gasteiger charge is -2.32. The van der Waals surface area contributed by atoms with Crippen LogP contribution in [-0.4, -0.2) is 23.6 Å². The lowest BCUT2D eigenvalue weighted by atomic mass is 10.1. The van der Waals surface area contributed by atoms with Crippen LogP contribution in [0.4, 0.5) is 5.82 Å². The van der Waals surface area contributed by atoms with E-state index in [0.29, 0.717) is 18.0 Å². The minimum atomic E-state index is 0.517. The van der Waals surface area contributed by atoms with Gasteiger partial charge in [0.1, 0.15) is 5.82 Å². The van der Waals surface area contributed by atoms with E-state index in [4.69, 9.17) is 0 Å². The number of anilines is 1. The van der Waals surface area contributed by atoms with Crippen molar-refractivity contribution in [1.29, 1.82) is 0 Å². The van der Waals surface area contributed by atoms with E-state index in [1.807, 2.05) is 6.20 Å². The van der Waals surface area contributed by atoms with E-state index >= 15 is 0 Å².